The molecule has 10 heteroatoms. The first-order valence-corrected chi connectivity index (χ1v) is 11.2. The minimum atomic E-state index is -4.56. The number of rotatable bonds is 4. The number of likely N-dealkylation sites (N-methyl/N-ethyl adjacent to an activating group) is 1. The van der Waals surface area contributed by atoms with Crippen molar-refractivity contribution in [3.63, 3.8) is 0 Å². The van der Waals surface area contributed by atoms with Gasteiger partial charge in [-0.25, -0.2) is 4.99 Å². The summed E-state index contributed by atoms with van der Waals surface area (Å²) in [5, 5.41) is 14.4. The minimum Gasteiger partial charge on any atom is -0.352 e. The fourth-order valence-corrected chi connectivity index (χ4v) is 4.49. The van der Waals surface area contributed by atoms with Crippen molar-refractivity contribution in [3.8, 4) is 0 Å². The van der Waals surface area contributed by atoms with Crippen LogP contribution in [0.3, 0.4) is 0 Å². The maximum Gasteiger partial charge on any atom is 0.435 e. The topological polar surface area (TPSA) is 76.2 Å². The van der Waals surface area contributed by atoms with Crippen molar-refractivity contribution in [2.75, 3.05) is 38.1 Å². The molecule has 1 aliphatic heterocycles. The Labute approximate surface area is 189 Å². The summed E-state index contributed by atoms with van der Waals surface area (Å²) in [4.78, 5) is 9.25. The number of piperazine rings is 1. The van der Waals surface area contributed by atoms with Crippen LogP contribution in [0.15, 0.2) is 41.0 Å². The number of alkyl halides is 3. The molecule has 2 aliphatic rings. The zero-order chi connectivity index (χ0) is 23.0. The maximum absolute atomic E-state index is 13.6. The first kappa shape index (κ1) is 21.7. The quantitative estimate of drug-likeness (QED) is 0.558. The van der Waals surface area contributed by atoms with Crippen molar-refractivity contribution in [2.45, 2.75) is 31.9 Å². The van der Waals surface area contributed by atoms with Gasteiger partial charge in [-0.1, -0.05) is 6.08 Å². The lowest BCUT2D eigenvalue weighted by atomic mass is 9.92. The number of fused-ring (bicyclic) bond motifs is 1. The molecule has 0 radical (unpaired) electrons. The van der Waals surface area contributed by atoms with E-state index in [1.165, 1.54) is 6.20 Å². The molecule has 0 atom stereocenters. The van der Waals surface area contributed by atoms with Crippen molar-refractivity contribution in [2.24, 2.45) is 4.99 Å². The molecule has 3 aromatic rings. The van der Waals surface area contributed by atoms with Crippen molar-refractivity contribution in [1.29, 1.82) is 0 Å². The third-order valence-corrected chi connectivity index (χ3v) is 6.33. The maximum atomic E-state index is 13.6. The molecule has 2 aromatic heterocycles. The molecule has 1 fully saturated rings. The van der Waals surface area contributed by atoms with Gasteiger partial charge in [0, 0.05) is 37.8 Å². The van der Waals surface area contributed by atoms with Gasteiger partial charge in [0.25, 0.3) is 0 Å². The van der Waals surface area contributed by atoms with E-state index >= 15 is 0 Å². The van der Waals surface area contributed by atoms with Gasteiger partial charge in [-0.3, -0.25) is 10.2 Å². The molecule has 7 nitrogen and oxygen atoms in total. The van der Waals surface area contributed by atoms with Gasteiger partial charge in [0.1, 0.15) is 0 Å². The van der Waals surface area contributed by atoms with Gasteiger partial charge in [0.05, 0.1) is 22.5 Å². The molecule has 2 N–H and O–H groups in total. The summed E-state index contributed by atoms with van der Waals surface area (Å²) in [5.74, 6) is 0.855. The molecular weight excluding hydrogens is 431 g/mol. The lowest BCUT2D eigenvalue weighted by Gasteiger charge is -2.32. The van der Waals surface area contributed by atoms with Gasteiger partial charge in [0.15, 0.2) is 11.5 Å². The molecule has 0 bridgehead atoms. The molecule has 0 amide bonds. The molecule has 174 valence electrons. The smallest absolute Gasteiger partial charge is 0.352 e. The minimum absolute atomic E-state index is 0.0118. The number of anilines is 1. The molecule has 1 aromatic carbocycles. The van der Waals surface area contributed by atoms with E-state index in [2.05, 4.69) is 37.2 Å². The average molecular weight is 458 g/mol. The lowest BCUT2D eigenvalue weighted by molar-refractivity contribution is -0.141. The molecule has 33 heavy (non-hydrogen) atoms. The average Bonchev–Trinajstić information content (AvgIpc) is 3.46. The second kappa shape index (κ2) is 8.66. The number of aromatic nitrogens is 4. The Kier molecular flexibility index (Phi) is 5.69. The van der Waals surface area contributed by atoms with E-state index in [1.807, 2.05) is 24.3 Å². The van der Waals surface area contributed by atoms with E-state index in [0.717, 1.165) is 67.7 Å². The Morgan fingerprint density at radius 3 is 2.64 bits per heavy atom. The highest BCUT2D eigenvalue weighted by Crippen LogP contribution is 2.35. The third kappa shape index (κ3) is 4.39. The molecule has 1 aliphatic carbocycles. The molecule has 0 spiro atoms. The number of aliphatic imine (C=N–C) groups is 1. The predicted octanol–water partition coefficient (Wildman–Crippen LogP) is 4.68. The first-order valence-electron chi connectivity index (χ1n) is 11.2. The summed E-state index contributed by atoms with van der Waals surface area (Å²) in [5.41, 5.74) is 1.69. The summed E-state index contributed by atoms with van der Waals surface area (Å²) in [6, 6.07) is 5.60. The number of allylic oxidation sites excluding steroid dienone is 2. The van der Waals surface area contributed by atoms with Crippen molar-refractivity contribution in [1.82, 2.24) is 25.3 Å². The van der Waals surface area contributed by atoms with E-state index in [0.29, 0.717) is 17.8 Å². The van der Waals surface area contributed by atoms with Crippen LogP contribution in [-0.2, 0) is 6.18 Å². The van der Waals surface area contributed by atoms with Crippen molar-refractivity contribution in [3.05, 3.63) is 47.3 Å². The van der Waals surface area contributed by atoms with Gasteiger partial charge in [-0.15, -0.1) is 0 Å². The Morgan fingerprint density at radius 2 is 1.91 bits per heavy atom. The number of nitrogens with zero attached hydrogens (tertiary/aromatic N) is 5. The van der Waals surface area contributed by atoms with Crippen molar-refractivity contribution >= 4 is 28.1 Å². The van der Waals surface area contributed by atoms with Crippen molar-refractivity contribution < 1.29 is 13.2 Å². The highest BCUT2D eigenvalue weighted by atomic mass is 19.4. The highest BCUT2D eigenvalue weighted by Gasteiger charge is 2.38. The fourth-order valence-electron chi connectivity index (χ4n) is 4.49. The van der Waals surface area contributed by atoms with Crippen LogP contribution in [0.4, 0.5) is 24.7 Å². The third-order valence-electron chi connectivity index (χ3n) is 6.33. The normalized spacial score (nSPS) is 18.7. The van der Waals surface area contributed by atoms with Gasteiger partial charge in [-0.2, -0.15) is 23.4 Å². The zero-order valence-electron chi connectivity index (χ0n) is 18.4. The monoisotopic (exact) mass is 457 g/mol. The second-order valence-electron chi connectivity index (χ2n) is 8.65. The molecule has 0 saturated carbocycles. The van der Waals surface area contributed by atoms with Crippen LogP contribution < -0.4 is 4.90 Å². The summed E-state index contributed by atoms with van der Waals surface area (Å²) in [7, 11) is 2.10. The van der Waals surface area contributed by atoms with Gasteiger partial charge in [-0.05, 0) is 56.5 Å². The summed E-state index contributed by atoms with van der Waals surface area (Å²) >= 11 is 0. The summed E-state index contributed by atoms with van der Waals surface area (Å²) in [6.45, 7) is 3.63. The Morgan fingerprint density at radius 1 is 1.09 bits per heavy atom. The number of aromatic amines is 2. The zero-order valence-corrected chi connectivity index (χ0v) is 18.4. The fraction of sp³-hybridized carbons (Fsp3) is 0.435. The molecule has 5 rings (SSSR count). The number of nitrogens with one attached hydrogen (secondary N) is 2. The number of hydrogen-bond donors (Lipinski definition) is 2. The SMILES string of the molecule is CN1CCN(c2n[nH]c3ccc(/N=C(\C4=CCCCC4)c4c[nH]nc4C(F)(F)F)cc23)CC1. The largest absolute Gasteiger partial charge is 0.435 e. The van der Waals surface area contributed by atoms with Crippen LogP contribution in [0.1, 0.15) is 36.9 Å². The molecule has 0 unspecified atom stereocenters. The van der Waals surface area contributed by atoms with E-state index < -0.39 is 11.9 Å². The van der Waals surface area contributed by atoms with Crippen LogP contribution >= 0.6 is 0 Å². The van der Waals surface area contributed by atoms with Crippen LogP contribution in [0.5, 0.6) is 0 Å². The Hall–Kier alpha value is -3.14. The van der Waals surface area contributed by atoms with Crippen LogP contribution in [-0.4, -0.2) is 64.2 Å². The summed E-state index contributed by atoms with van der Waals surface area (Å²) in [6.07, 6.45) is 2.23. The number of halogens is 3. The molecular formula is C23H26F3N7. The molecule has 1 saturated heterocycles. The van der Waals surface area contributed by atoms with Crippen LogP contribution in [0, 0.1) is 0 Å². The number of hydrogen-bond acceptors (Lipinski definition) is 5. The standard InChI is InChI=1S/C23H26F3N7/c1-32-9-11-33(12-10-32)22-17-13-16(7-8-19(17)29-31-22)28-20(15-5-3-2-4-6-15)18-14-27-30-21(18)23(24,25)26/h5,7-8,13-14H,2-4,6,9-12H2,1H3,(H,27,30)(H,29,31)/b28-20+. The lowest BCUT2D eigenvalue weighted by Crippen LogP contribution is -2.44. The summed E-state index contributed by atoms with van der Waals surface area (Å²) < 4.78 is 40.9. The van der Waals surface area contributed by atoms with Gasteiger partial charge in [0.2, 0.25) is 0 Å². The Balaban J connectivity index is 1.58. The first-order chi connectivity index (χ1) is 15.9. The second-order valence-corrected chi connectivity index (χ2v) is 8.65. The number of benzene rings is 1. The highest BCUT2D eigenvalue weighted by molar-refractivity contribution is 6.14. The predicted molar refractivity (Wildman–Crippen MR) is 122 cm³/mol. The van der Waals surface area contributed by atoms with Crippen LogP contribution in [0.25, 0.3) is 10.9 Å². The Bertz CT molecular complexity index is 1200. The number of H-pyrrole nitrogens is 2. The van der Waals surface area contributed by atoms with E-state index in [1.54, 1.807) is 0 Å². The molecule has 3 heterocycles. The van der Waals surface area contributed by atoms with Gasteiger partial charge < -0.3 is 9.80 Å². The van der Waals surface area contributed by atoms with Crippen LogP contribution in [0.2, 0.25) is 0 Å². The van der Waals surface area contributed by atoms with Gasteiger partial charge >= 0.3 is 6.18 Å². The van der Waals surface area contributed by atoms with E-state index in [9.17, 15) is 13.2 Å². The van der Waals surface area contributed by atoms with E-state index in [-0.39, 0.29) is 5.56 Å². The van der Waals surface area contributed by atoms with E-state index in [4.69, 9.17) is 4.99 Å².